The molecule has 1 heterocycles. The van der Waals surface area contributed by atoms with Crippen molar-refractivity contribution in [3.63, 3.8) is 0 Å². The topological polar surface area (TPSA) is 98.0 Å². The van der Waals surface area contributed by atoms with E-state index in [0.29, 0.717) is 12.4 Å². The highest BCUT2D eigenvalue weighted by molar-refractivity contribution is 7.89. The molecule has 8 heteroatoms. The molecule has 0 fully saturated rings. The molecular formula is C15H19FN4O2S. The van der Waals surface area contributed by atoms with Crippen LogP contribution < -0.4 is 10.5 Å². The van der Waals surface area contributed by atoms with Gasteiger partial charge in [0.15, 0.2) is 0 Å². The van der Waals surface area contributed by atoms with Crippen LogP contribution in [0.4, 0.5) is 10.3 Å². The third-order valence-electron chi connectivity index (χ3n) is 3.44. The zero-order chi connectivity index (χ0) is 17.0. The predicted molar refractivity (Wildman–Crippen MR) is 85.8 cm³/mol. The van der Waals surface area contributed by atoms with E-state index < -0.39 is 10.0 Å². The van der Waals surface area contributed by atoms with Gasteiger partial charge in [-0.25, -0.2) is 27.9 Å². The van der Waals surface area contributed by atoms with E-state index in [2.05, 4.69) is 15.3 Å². The Morgan fingerprint density at radius 1 is 1.17 bits per heavy atom. The van der Waals surface area contributed by atoms with Gasteiger partial charge < -0.3 is 5.32 Å². The standard InChI is InChI=1S/C15H19FN4O2S/c1-10(2)14(7-11-3-5-12(16)6-4-11)20-15-18-8-13(9-19-15)23(17,21)22/h3-6,8-10,14H,7H2,1-2H3,(H2,17,21,22)(H,18,19,20). The number of benzene rings is 1. The highest BCUT2D eigenvalue weighted by atomic mass is 32.2. The first-order valence-corrected chi connectivity index (χ1v) is 8.66. The lowest BCUT2D eigenvalue weighted by Crippen LogP contribution is -2.29. The molecule has 0 bridgehead atoms. The SMILES string of the molecule is CC(C)C(Cc1ccc(F)cc1)Nc1ncc(S(N)(=O)=O)cn1. The first kappa shape index (κ1) is 17.3. The maximum absolute atomic E-state index is 13.0. The van der Waals surface area contributed by atoms with Crippen molar-refractivity contribution >= 4 is 16.0 Å². The van der Waals surface area contributed by atoms with Crippen LogP contribution in [-0.2, 0) is 16.4 Å². The van der Waals surface area contributed by atoms with E-state index in [1.54, 1.807) is 12.1 Å². The number of aromatic nitrogens is 2. The summed E-state index contributed by atoms with van der Waals surface area (Å²) < 4.78 is 35.3. The van der Waals surface area contributed by atoms with Crippen molar-refractivity contribution in [3.8, 4) is 0 Å². The van der Waals surface area contributed by atoms with Gasteiger partial charge >= 0.3 is 0 Å². The molecule has 0 aliphatic carbocycles. The van der Waals surface area contributed by atoms with Gasteiger partial charge in [-0.2, -0.15) is 0 Å². The van der Waals surface area contributed by atoms with Crippen LogP contribution in [-0.4, -0.2) is 24.4 Å². The van der Waals surface area contributed by atoms with Gasteiger partial charge in [0.2, 0.25) is 16.0 Å². The fourth-order valence-corrected chi connectivity index (χ4v) is 2.43. The number of rotatable bonds is 6. The van der Waals surface area contributed by atoms with Crippen molar-refractivity contribution in [1.82, 2.24) is 9.97 Å². The molecule has 0 saturated heterocycles. The van der Waals surface area contributed by atoms with Crippen molar-refractivity contribution in [2.24, 2.45) is 11.1 Å². The number of primary sulfonamides is 1. The molecule has 0 spiro atoms. The summed E-state index contributed by atoms with van der Waals surface area (Å²) in [7, 11) is -3.81. The fourth-order valence-electron chi connectivity index (χ4n) is 2.03. The molecule has 6 nitrogen and oxygen atoms in total. The van der Waals surface area contributed by atoms with Crippen molar-refractivity contribution in [2.45, 2.75) is 31.2 Å². The van der Waals surface area contributed by atoms with Gasteiger partial charge in [0.25, 0.3) is 0 Å². The monoisotopic (exact) mass is 338 g/mol. The average molecular weight is 338 g/mol. The van der Waals surface area contributed by atoms with Crippen molar-refractivity contribution in [2.75, 3.05) is 5.32 Å². The molecule has 0 saturated carbocycles. The number of hydrogen-bond acceptors (Lipinski definition) is 5. The molecule has 2 rings (SSSR count). The third-order valence-corrected chi connectivity index (χ3v) is 4.31. The van der Waals surface area contributed by atoms with E-state index >= 15 is 0 Å². The van der Waals surface area contributed by atoms with E-state index in [1.807, 2.05) is 13.8 Å². The smallest absolute Gasteiger partial charge is 0.241 e. The predicted octanol–water partition coefficient (Wildman–Crippen LogP) is 1.94. The molecular weight excluding hydrogens is 319 g/mol. The third kappa shape index (κ3) is 4.97. The van der Waals surface area contributed by atoms with E-state index in [0.717, 1.165) is 5.56 Å². The number of nitrogens with zero attached hydrogens (tertiary/aromatic N) is 2. The zero-order valence-corrected chi connectivity index (χ0v) is 13.7. The molecule has 1 atom stereocenters. The number of nitrogens with one attached hydrogen (secondary N) is 1. The fraction of sp³-hybridized carbons (Fsp3) is 0.333. The highest BCUT2D eigenvalue weighted by Crippen LogP contribution is 2.15. The Kier molecular flexibility index (Phi) is 5.27. The molecule has 1 aromatic carbocycles. The molecule has 0 amide bonds. The molecule has 23 heavy (non-hydrogen) atoms. The minimum absolute atomic E-state index is 0.0146. The Bertz CT molecular complexity index is 746. The Morgan fingerprint density at radius 2 is 1.74 bits per heavy atom. The number of halogens is 1. The Labute approximate surface area is 135 Å². The van der Waals surface area contributed by atoms with Gasteiger partial charge in [-0.05, 0) is 30.0 Å². The number of sulfonamides is 1. The van der Waals surface area contributed by atoms with E-state index in [4.69, 9.17) is 5.14 Å². The molecule has 2 aromatic rings. The summed E-state index contributed by atoms with van der Waals surface area (Å²) in [6.07, 6.45) is 3.00. The zero-order valence-electron chi connectivity index (χ0n) is 12.9. The van der Waals surface area contributed by atoms with Crippen molar-refractivity contribution < 1.29 is 12.8 Å². The van der Waals surface area contributed by atoms with Crippen molar-refractivity contribution in [3.05, 3.63) is 48.0 Å². The second-order valence-electron chi connectivity index (χ2n) is 5.61. The van der Waals surface area contributed by atoms with Gasteiger partial charge in [-0.1, -0.05) is 26.0 Å². The van der Waals surface area contributed by atoms with E-state index in [-0.39, 0.29) is 22.7 Å². The molecule has 124 valence electrons. The van der Waals surface area contributed by atoms with Gasteiger partial charge in [-0.3, -0.25) is 0 Å². The summed E-state index contributed by atoms with van der Waals surface area (Å²) in [4.78, 5) is 7.83. The summed E-state index contributed by atoms with van der Waals surface area (Å²) in [5, 5.41) is 8.18. The molecule has 1 aromatic heterocycles. The maximum atomic E-state index is 13.0. The summed E-state index contributed by atoms with van der Waals surface area (Å²) >= 11 is 0. The van der Waals surface area contributed by atoms with Gasteiger partial charge in [0, 0.05) is 6.04 Å². The van der Waals surface area contributed by atoms with Crippen LogP contribution in [0.2, 0.25) is 0 Å². The minimum Gasteiger partial charge on any atom is -0.351 e. The van der Waals surface area contributed by atoms with E-state index in [1.165, 1.54) is 24.5 Å². The number of nitrogens with two attached hydrogens (primary N) is 1. The lowest BCUT2D eigenvalue weighted by Gasteiger charge is -2.22. The molecule has 0 aliphatic rings. The Morgan fingerprint density at radius 3 is 2.22 bits per heavy atom. The Balaban J connectivity index is 2.11. The van der Waals surface area contributed by atoms with Crippen molar-refractivity contribution in [1.29, 1.82) is 0 Å². The first-order chi connectivity index (χ1) is 10.8. The van der Waals surface area contributed by atoms with Crippen LogP contribution in [0.3, 0.4) is 0 Å². The molecule has 1 unspecified atom stereocenters. The molecule has 3 N–H and O–H groups in total. The van der Waals surface area contributed by atoms with Gasteiger partial charge in [-0.15, -0.1) is 0 Å². The molecule has 0 radical (unpaired) electrons. The van der Waals surface area contributed by atoms with Crippen LogP contribution in [0.1, 0.15) is 19.4 Å². The van der Waals surface area contributed by atoms with Gasteiger partial charge in [0.1, 0.15) is 10.7 Å². The summed E-state index contributed by atoms with van der Waals surface area (Å²) in [6, 6.07) is 6.32. The van der Waals surface area contributed by atoms with Crippen LogP contribution in [0.25, 0.3) is 0 Å². The second-order valence-corrected chi connectivity index (χ2v) is 7.17. The quantitative estimate of drug-likeness (QED) is 0.839. The lowest BCUT2D eigenvalue weighted by atomic mass is 9.96. The first-order valence-electron chi connectivity index (χ1n) is 7.11. The van der Waals surface area contributed by atoms with Gasteiger partial charge in [0.05, 0.1) is 12.4 Å². The highest BCUT2D eigenvalue weighted by Gasteiger charge is 2.16. The number of hydrogen-bond donors (Lipinski definition) is 2. The Hall–Kier alpha value is -2.06. The summed E-state index contributed by atoms with van der Waals surface area (Å²) in [6.45, 7) is 4.08. The molecule has 0 aliphatic heterocycles. The second kappa shape index (κ2) is 7.01. The average Bonchev–Trinajstić information content (AvgIpc) is 2.48. The van der Waals surface area contributed by atoms with Crippen LogP contribution in [0, 0.1) is 11.7 Å². The van der Waals surface area contributed by atoms with Crippen LogP contribution in [0.15, 0.2) is 41.6 Å². The number of anilines is 1. The lowest BCUT2D eigenvalue weighted by molar-refractivity contribution is 0.517. The van der Waals surface area contributed by atoms with Crippen LogP contribution in [0.5, 0.6) is 0 Å². The van der Waals surface area contributed by atoms with Crippen LogP contribution >= 0.6 is 0 Å². The van der Waals surface area contributed by atoms with E-state index in [9.17, 15) is 12.8 Å². The normalized spacial score (nSPS) is 13.1. The summed E-state index contributed by atoms with van der Waals surface area (Å²) in [5.41, 5.74) is 0.985. The summed E-state index contributed by atoms with van der Waals surface area (Å²) in [5.74, 6) is 0.310. The maximum Gasteiger partial charge on any atom is 0.241 e. The minimum atomic E-state index is -3.81. The largest absolute Gasteiger partial charge is 0.351 e.